The number of hydrogen-bond donors (Lipinski definition) is 3. The highest BCUT2D eigenvalue weighted by Crippen LogP contribution is 2.21. The molecule has 2 rings (SSSR count). The van der Waals surface area contributed by atoms with E-state index < -0.39 is 53.1 Å². The van der Waals surface area contributed by atoms with Crippen molar-refractivity contribution < 1.29 is 38.2 Å². The number of alkyl carbamates (subject to hydrolysis) is 1. The van der Waals surface area contributed by atoms with Crippen molar-refractivity contribution in [2.24, 2.45) is 11.8 Å². The second-order valence-electron chi connectivity index (χ2n) is 13.1. The summed E-state index contributed by atoms with van der Waals surface area (Å²) in [7, 11) is 1.20. The van der Waals surface area contributed by atoms with Crippen LogP contribution in [0.2, 0.25) is 0 Å². The number of ether oxygens (including phenoxy) is 3. The Labute approximate surface area is 272 Å². The molecule has 46 heavy (non-hydrogen) atoms. The molecule has 3 N–H and O–H groups in total. The SMILES string of the molecule is COC(=O)[C@H](CC(C)C)NC(=O)C(Cc1ccccc1)(NC(=O)[C@H](CC(C)C)NC(=O)OC(C)(C)C)C(=O)OCc1ccccc1. The quantitative estimate of drug-likeness (QED) is 0.147. The zero-order valence-corrected chi connectivity index (χ0v) is 28.2. The molecule has 0 fully saturated rings. The molecule has 0 aliphatic rings. The van der Waals surface area contributed by atoms with Crippen molar-refractivity contribution in [2.45, 2.75) is 97.6 Å². The summed E-state index contributed by atoms with van der Waals surface area (Å²) in [6.45, 7) is 12.4. The van der Waals surface area contributed by atoms with Crippen LogP contribution in [0.5, 0.6) is 0 Å². The molecule has 3 amide bonds. The molecule has 11 nitrogen and oxygen atoms in total. The van der Waals surface area contributed by atoms with Crippen molar-refractivity contribution in [3.63, 3.8) is 0 Å². The first-order valence-electron chi connectivity index (χ1n) is 15.5. The summed E-state index contributed by atoms with van der Waals surface area (Å²) >= 11 is 0. The van der Waals surface area contributed by atoms with Gasteiger partial charge in [0, 0.05) is 6.42 Å². The molecule has 2 aromatic rings. The average Bonchev–Trinajstić information content (AvgIpc) is 2.97. The van der Waals surface area contributed by atoms with E-state index in [4.69, 9.17) is 14.2 Å². The van der Waals surface area contributed by atoms with Crippen LogP contribution >= 0.6 is 0 Å². The second kappa shape index (κ2) is 17.3. The highest BCUT2D eigenvalue weighted by Gasteiger charge is 2.51. The second-order valence-corrected chi connectivity index (χ2v) is 13.1. The minimum absolute atomic E-state index is 0.0269. The van der Waals surface area contributed by atoms with Gasteiger partial charge in [0.2, 0.25) is 11.4 Å². The Kier molecular flexibility index (Phi) is 14.2. The van der Waals surface area contributed by atoms with Crippen LogP contribution < -0.4 is 16.0 Å². The molecule has 0 spiro atoms. The van der Waals surface area contributed by atoms with Crippen LogP contribution in [0.15, 0.2) is 60.7 Å². The fourth-order valence-electron chi connectivity index (χ4n) is 4.70. The molecule has 11 heteroatoms. The maximum atomic E-state index is 14.4. The molecule has 0 radical (unpaired) electrons. The molecule has 2 aromatic carbocycles. The largest absolute Gasteiger partial charge is 0.467 e. The van der Waals surface area contributed by atoms with Gasteiger partial charge >= 0.3 is 18.0 Å². The van der Waals surface area contributed by atoms with E-state index in [-0.39, 0.29) is 37.7 Å². The molecular formula is C35H49N3O8. The van der Waals surface area contributed by atoms with E-state index >= 15 is 0 Å². The van der Waals surface area contributed by atoms with Gasteiger partial charge in [-0.15, -0.1) is 0 Å². The van der Waals surface area contributed by atoms with E-state index in [1.165, 1.54) is 7.11 Å². The molecular weight excluding hydrogens is 590 g/mol. The van der Waals surface area contributed by atoms with Crippen LogP contribution in [-0.2, 0) is 46.4 Å². The van der Waals surface area contributed by atoms with Crippen LogP contribution in [-0.4, -0.2) is 60.2 Å². The normalized spacial score (nSPS) is 14.0. The summed E-state index contributed by atoms with van der Waals surface area (Å²) in [5.41, 5.74) is -1.98. The lowest BCUT2D eigenvalue weighted by Crippen LogP contribution is -2.69. The molecule has 0 saturated carbocycles. The van der Waals surface area contributed by atoms with Gasteiger partial charge in [-0.1, -0.05) is 88.4 Å². The van der Waals surface area contributed by atoms with Crippen molar-refractivity contribution in [3.8, 4) is 0 Å². The number of amides is 3. The van der Waals surface area contributed by atoms with E-state index in [2.05, 4.69) is 16.0 Å². The number of hydrogen-bond acceptors (Lipinski definition) is 8. The third-order valence-corrected chi connectivity index (χ3v) is 6.81. The summed E-state index contributed by atoms with van der Waals surface area (Å²) in [6, 6.07) is 15.2. The van der Waals surface area contributed by atoms with Gasteiger partial charge in [-0.05, 0) is 56.6 Å². The molecule has 0 aliphatic heterocycles. The summed E-state index contributed by atoms with van der Waals surface area (Å²) in [5, 5.41) is 7.90. The smallest absolute Gasteiger partial charge is 0.408 e. The first-order valence-corrected chi connectivity index (χ1v) is 15.5. The van der Waals surface area contributed by atoms with Crippen LogP contribution in [0.4, 0.5) is 4.79 Å². The number of benzene rings is 2. The van der Waals surface area contributed by atoms with Crippen LogP contribution in [0.3, 0.4) is 0 Å². The maximum absolute atomic E-state index is 14.4. The Morgan fingerprint density at radius 2 is 1.26 bits per heavy atom. The minimum atomic E-state index is -2.35. The fourth-order valence-corrected chi connectivity index (χ4v) is 4.70. The molecule has 0 aromatic heterocycles. The Morgan fingerprint density at radius 3 is 1.76 bits per heavy atom. The van der Waals surface area contributed by atoms with Crippen LogP contribution in [0, 0.1) is 11.8 Å². The van der Waals surface area contributed by atoms with Gasteiger partial charge < -0.3 is 30.2 Å². The molecule has 3 atom stereocenters. The number of nitrogens with one attached hydrogen (secondary N) is 3. The first kappa shape index (κ1) is 37.8. The zero-order chi connectivity index (χ0) is 34.5. The average molecular weight is 640 g/mol. The Hall–Kier alpha value is -4.41. The summed E-state index contributed by atoms with van der Waals surface area (Å²) in [6.07, 6.45) is -0.759. The first-order chi connectivity index (χ1) is 21.6. The van der Waals surface area contributed by atoms with Gasteiger partial charge in [0.1, 0.15) is 24.3 Å². The molecule has 252 valence electrons. The summed E-state index contributed by atoms with van der Waals surface area (Å²) in [4.78, 5) is 68.1. The number of carbonyl (C=O) groups excluding carboxylic acids is 5. The monoisotopic (exact) mass is 639 g/mol. The van der Waals surface area contributed by atoms with Crippen molar-refractivity contribution in [1.29, 1.82) is 0 Å². The van der Waals surface area contributed by atoms with Crippen molar-refractivity contribution in [1.82, 2.24) is 16.0 Å². The Morgan fingerprint density at radius 1 is 0.739 bits per heavy atom. The standard InChI is InChI=1S/C35H49N3O8/c1-23(2)19-27(37-33(43)46-34(5,6)7)29(39)38-35(21-25-15-11-9-12-16-25,32(42)45-22-26-17-13-10-14-18-26)31(41)36-28(20-24(3)4)30(40)44-8/h9-18,23-24,27-28H,19-22H2,1-8H3,(H,36,41)(H,37,43)(H,38,39)/t27-,28-,35?/m0/s1. The highest BCUT2D eigenvalue weighted by molar-refractivity contribution is 6.11. The predicted molar refractivity (Wildman–Crippen MR) is 173 cm³/mol. The van der Waals surface area contributed by atoms with Crippen LogP contribution in [0.25, 0.3) is 0 Å². The number of carbonyl (C=O) groups is 5. The lowest BCUT2D eigenvalue weighted by atomic mass is 9.87. The van der Waals surface area contributed by atoms with Gasteiger partial charge in [-0.3, -0.25) is 9.59 Å². The molecule has 0 saturated heterocycles. The van der Waals surface area contributed by atoms with E-state index in [1.54, 1.807) is 75.4 Å². The highest BCUT2D eigenvalue weighted by atomic mass is 16.6. The number of esters is 2. The molecule has 0 bridgehead atoms. The zero-order valence-electron chi connectivity index (χ0n) is 28.2. The molecule has 1 unspecified atom stereocenters. The molecule has 0 heterocycles. The Balaban J connectivity index is 2.64. The fraction of sp³-hybridized carbons (Fsp3) is 0.514. The minimum Gasteiger partial charge on any atom is -0.467 e. The third kappa shape index (κ3) is 12.2. The lowest BCUT2D eigenvalue weighted by molar-refractivity contribution is -0.161. The summed E-state index contributed by atoms with van der Waals surface area (Å²) in [5.74, 6) is -3.60. The van der Waals surface area contributed by atoms with E-state index in [9.17, 15) is 24.0 Å². The number of rotatable bonds is 15. The van der Waals surface area contributed by atoms with Gasteiger partial charge in [-0.2, -0.15) is 0 Å². The van der Waals surface area contributed by atoms with Gasteiger partial charge in [0.25, 0.3) is 5.91 Å². The predicted octanol–water partition coefficient (Wildman–Crippen LogP) is 4.47. The topological polar surface area (TPSA) is 149 Å². The van der Waals surface area contributed by atoms with Crippen LogP contribution in [0.1, 0.15) is 72.4 Å². The van der Waals surface area contributed by atoms with Crippen molar-refractivity contribution >= 4 is 29.8 Å². The lowest BCUT2D eigenvalue weighted by Gasteiger charge is -2.34. The van der Waals surface area contributed by atoms with Gasteiger partial charge in [0.05, 0.1) is 7.11 Å². The van der Waals surface area contributed by atoms with E-state index in [1.807, 2.05) is 33.8 Å². The van der Waals surface area contributed by atoms with E-state index in [0.29, 0.717) is 11.1 Å². The maximum Gasteiger partial charge on any atom is 0.408 e. The van der Waals surface area contributed by atoms with Crippen molar-refractivity contribution in [3.05, 3.63) is 71.8 Å². The Bertz CT molecular complexity index is 1310. The van der Waals surface area contributed by atoms with Gasteiger partial charge in [-0.25, -0.2) is 14.4 Å². The van der Waals surface area contributed by atoms with Crippen molar-refractivity contribution in [2.75, 3.05) is 7.11 Å². The third-order valence-electron chi connectivity index (χ3n) is 6.81. The van der Waals surface area contributed by atoms with Gasteiger partial charge in [0.15, 0.2) is 0 Å². The van der Waals surface area contributed by atoms with E-state index in [0.717, 1.165) is 0 Å². The summed E-state index contributed by atoms with van der Waals surface area (Å²) < 4.78 is 16.0. The number of methoxy groups -OCH3 is 1. The molecule has 0 aliphatic carbocycles.